The van der Waals surface area contributed by atoms with E-state index in [0.717, 1.165) is 19.4 Å². The smallest absolute Gasteiger partial charge is 0.337 e. The number of aliphatic hydroxyl groups excluding tert-OH is 5. The Morgan fingerprint density at radius 1 is 1.00 bits per heavy atom. The van der Waals surface area contributed by atoms with Crippen molar-refractivity contribution >= 4 is 18.0 Å². The first-order chi connectivity index (χ1) is 19.0. The van der Waals surface area contributed by atoms with E-state index in [0.29, 0.717) is 5.56 Å². The molecule has 2 fully saturated rings. The molecule has 1 saturated heterocycles. The predicted octanol–water partition coefficient (Wildman–Crippen LogP) is -1.50. The van der Waals surface area contributed by atoms with Crippen LogP contribution in [0.1, 0.15) is 12.5 Å². The van der Waals surface area contributed by atoms with E-state index < -0.39 is 85.5 Å². The minimum absolute atomic E-state index is 0.0471. The van der Waals surface area contributed by atoms with Crippen molar-refractivity contribution < 1.29 is 69.0 Å². The zero-order valence-electron chi connectivity index (χ0n) is 21.5. The molecule has 7 N–H and O–H groups in total. The van der Waals surface area contributed by atoms with Gasteiger partial charge in [0.2, 0.25) is 6.29 Å². The summed E-state index contributed by atoms with van der Waals surface area (Å²) >= 11 is 0. The highest BCUT2D eigenvalue weighted by Gasteiger charge is 2.59. The van der Waals surface area contributed by atoms with Crippen LogP contribution in [0.25, 0.3) is 6.08 Å². The molecule has 2 heterocycles. The standard InChI is InChI=1S/C26H32O14/c1-10-17-18(20(32)23(10)39-16(30)6-4-11-3-5-13(28)14(29)7-11)12(24(35)36-2)9-37-25(17)40-26-22(34)21(33)19(31)15(8-27)38-26/h3-7,9-10,15,17-23,25-29,31-34H,8H2,1-2H3/t10-,15+,17+,18+,19+,20-,21-,22+,23+,25-,26-/m0/s1. The highest BCUT2D eigenvalue weighted by atomic mass is 16.8. The third-order valence-corrected chi connectivity index (χ3v) is 7.45. The minimum Gasteiger partial charge on any atom is -0.504 e. The van der Waals surface area contributed by atoms with Gasteiger partial charge in [0, 0.05) is 23.8 Å². The molecule has 0 aromatic heterocycles. The van der Waals surface area contributed by atoms with Crippen LogP contribution < -0.4 is 0 Å². The van der Waals surface area contributed by atoms with Crippen LogP contribution in [0.15, 0.2) is 36.1 Å². The summed E-state index contributed by atoms with van der Waals surface area (Å²) in [5.74, 6) is -4.91. The monoisotopic (exact) mass is 568 g/mol. The molecule has 1 aromatic carbocycles. The molecule has 1 aliphatic carbocycles. The Morgan fingerprint density at radius 3 is 2.38 bits per heavy atom. The van der Waals surface area contributed by atoms with Gasteiger partial charge in [0.25, 0.3) is 0 Å². The topological polar surface area (TPSA) is 222 Å². The molecule has 2 aliphatic heterocycles. The number of phenols is 2. The number of rotatable bonds is 7. The lowest BCUT2D eigenvalue weighted by atomic mass is 9.82. The number of methoxy groups -OCH3 is 1. The second kappa shape index (κ2) is 12.1. The summed E-state index contributed by atoms with van der Waals surface area (Å²) in [7, 11) is 1.14. The van der Waals surface area contributed by atoms with Crippen molar-refractivity contribution in [1.82, 2.24) is 0 Å². The molecular weight excluding hydrogens is 536 g/mol. The zero-order chi connectivity index (χ0) is 29.3. The van der Waals surface area contributed by atoms with Gasteiger partial charge in [-0.2, -0.15) is 0 Å². The summed E-state index contributed by atoms with van der Waals surface area (Å²) in [5.41, 5.74) is 0.340. The number of fused-ring (bicyclic) bond motifs is 1. The van der Waals surface area contributed by atoms with E-state index in [1.165, 1.54) is 24.3 Å². The van der Waals surface area contributed by atoms with Crippen LogP contribution >= 0.6 is 0 Å². The third kappa shape index (κ3) is 5.65. The number of carbonyl (C=O) groups is 2. The van der Waals surface area contributed by atoms with Crippen LogP contribution in [0.4, 0.5) is 0 Å². The van der Waals surface area contributed by atoms with Crippen LogP contribution in [-0.4, -0.2) is 111 Å². The number of aliphatic hydroxyl groups is 5. The van der Waals surface area contributed by atoms with Gasteiger partial charge in [-0.25, -0.2) is 9.59 Å². The molecule has 11 atom stereocenters. The number of aromatic hydroxyl groups is 2. The van der Waals surface area contributed by atoms with Gasteiger partial charge in [-0.3, -0.25) is 0 Å². The van der Waals surface area contributed by atoms with E-state index in [9.17, 15) is 45.3 Å². The average molecular weight is 569 g/mol. The average Bonchev–Trinajstić information content (AvgIpc) is 3.19. The Balaban J connectivity index is 1.55. The van der Waals surface area contributed by atoms with Crippen molar-refractivity contribution in [3.63, 3.8) is 0 Å². The van der Waals surface area contributed by atoms with Crippen molar-refractivity contribution in [2.45, 2.75) is 56.1 Å². The molecule has 1 aromatic rings. The van der Waals surface area contributed by atoms with Crippen molar-refractivity contribution in [1.29, 1.82) is 0 Å². The molecule has 0 spiro atoms. The molecule has 0 amide bonds. The Bertz CT molecular complexity index is 1150. The largest absolute Gasteiger partial charge is 0.504 e. The van der Waals surface area contributed by atoms with Gasteiger partial charge >= 0.3 is 11.9 Å². The van der Waals surface area contributed by atoms with Crippen molar-refractivity contribution in [3.05, 3.63) is 41.7 Å². The molecule has 3 aliphatic rings. The van der Waals surface area contributed by atoms with E-state index in [1.807, 2.05) is 0 Å². The van der Waals surface area contributed by atoms with Crippen molar-refractivity contribution in [3.8, 4) is 11.5 Å². The Kier molecular flexibility index (Phi) is 8.99. The summed E-state index contributed by atoms with van der Waals surface area (Å²) in [6.45, 7) is 0.944. The van der Waals surface area contributed by atoms with Crippen LogP contribution in [0.5, 0.6) is 11.5 Å². The van der Waals surface area contributed by atoms with Gasteiger partial charge in [-0.05, 0) is 23.8 Å². The molecular formula is C26H32O14. The molecule has 14 heteroatoms. The Labute approximate surface area is 228 Å². The van der Waals surface area contributed by atoms with Gasteiger partial charge in [0.05, 0.1) is 31.7 Å². The number of ether oxygens (including phenoxy) is 5. The Morgan fingerprint density at radius 2 is 1.73 bits per heavy atom. The fourth-order valence-corrected chi connectivity index (χ4v) is 5.30. The first-order valence-corrected chi connectivity index (χ1v) is 12.5. The maximum Gasteiger partial charge on any atom is 0.337 e. The zero-order valence-corrected chi connectivity index (χ0v) is 21.5. The fraction of sp³-hybridized carbons (Fsp3) is 0.538. The van der Waals surface area contributed by atoms with Crippen LogP contribution in [0, 0.1) is 17.8 Å². The molecule has 220 valence electrons. The van der Waals surface area contributed by atoms with E-state index in [-0.39, 0.29) is 17.1 Å². The lowest BCUT2D eigenvalue weighted by molar-refractivity contribution is -0.343. The molecule has 4 rings (SSSR count). The fourth-order valence-electron chi connectivity index (χ4n) is 5.30. The van der Waals surface area contributed by atoms with Gasteiger partial charge in [-0.1, -0.05) is 13.0 Å². The first-order valence-electron chi connectivity index (χ1n) is 12.5. The molecule has 0 bridgehead atoms. The van der Waals surface area contributed by atoms with Crippen LogP contribution in [-0.2, 0) is 33.3 Å². The number of phenolic OH excluding ortho intramolecular Hbond substituents is 2. The van der Waals surface area contributed by atoms with E-state index in [2.05, 4.69) is 0 Å². The van der Waals surface area contributed by atoms with Crippen LogP contribution in [0.2, 0.25) is 0 Å². The molecule has 0 radical (unpaired) electrons. The van der Waals surface area contributed by atoms with E-state index >= 15 is 0 Å². The normalized spacial score (nSPS) is 37.4. The van der Waals surface area contributed by atoms with Crippen molar-refractivity contribution in [2.24, 2.45) is 17.8 Å². The number of hydrogen-bond donors (Lipinski definition) is 7. The summed E-state index contributed by atoms with van der Waals surface area (Å²) in [6.07, 6.45) is -8.30. The van der Waals surface area contributed by atoms with Gasteiger partial charge < -0.3 is 59.4 Å². The predicted molar refractivity (Wildman–Crippen MR) is 131 cm³/mol. The van der Waals surface area contributed by atoms with Gasteiger partial charge in [0.1, 0.15) is 30.5 Å². The lowest BCUT2D eigenvalue weighted by Crippen LogP contribution is -2.60. The maximum atomic E-state index is 12.6. The first kappa shape index (κ1) is 29.7. The summed E-state index contributed by atoms with van der Waals surface area (Å²) < 4.78 is 27.1. The quantitative estimate of drug-likeness (QED) is 0.113. The van der Waals surface area contributed by atoms with Crippen LogP contribution in [0.3, 0.4) is 0 Å². The molecule has 40 heavy (non-hydrogen) atoms. The van der Waals surface area contributed by atoms with Gasteiger partial charge in [-0.15, -0.1) is 0 Å². The summed E-state index contributed by atoms with van der Waals surface area (Å²) in [5, 5.41) is 70.3. The SMILES string of the molecule is COC(=O)C1=CO[C@@H](O[C@@H]2O[C@H](CO)[C@@H](O)[C@H](O)[C@H]2O)[C@@H]2[C@H](C)[C@@H](OC(=O)C=Cc3ccc(O)c(O)c3)[C@@H](O)[C@H]12. The molecule has 14 nitrogen and oxygen atoms in total. The molecule has 1 saturated carbocycles. The molecule has 0 unspecified atom stereocenters. The number of carbonyl (C=O) groups excluding carboxylic acids is 2. The van der Waals surface area contributed by atoms with E-state index in [4.69, 9.17) is 23.7 Å². The second-order valence-corrected chi connectivity index (χ2v) is 9.84. The maximum absolute atomic E-state index is 12.6. The third-order valence-electron chi connectivity index (χ3n) is 7.45. The van der Waals surface area contributed by atoms with E-state index in [1.54, 1.807) is 6.92 Å². The summed E-state index contributed by atoms with van der Waals surface area (Å²) in [6, 6.07) is 3.92. The number of hydrogen-bond acceptors (Lipinski definition) is 14. The van der Waals surface area contributed by atoms with Gasteiger partial charge in [0.15, 0.2) is 17.8 Å². The number of esters is 2. The minimum atomic E-state index is -1.73. The van der Waals surface area contributed by atoms with Crippen molar-refractivity contribution in [2.75, 3.05) is 13.7 Å². The number of benzene rings is 1. The highest BCUT2D eigenvalue weighted by Crippen LogP contribution is 2.49. The lowest BCUT2D eigenvalue weighted by Gasteiger charge is -2.43. The highest BCUT2D eigenvalue weighted by molar-refractivity contribution is 5.89. The summed E-state index contributed by atoms with van der Waals surface area (Å²) in [4.78, 5) is 25.1. The Hall–Kier alpha value is -3.24. The second-order valence-electron chi connectivity index (χ2n) is 9.84.